The molecule has 3 nitrogen and oxygen atoms in total. The van der Waals surface area contributed by atoms with Gasteiger partial charge in [0, 0.05) is 6.42 Å². The summed E-state index contributed by atoms with van der Waals surface area (Å²) in [5.74, 6) is -1.95. The van der Waals surface area contributed by atoms with Crippen molar-refractivity contribution in [3.8, 4) is 0 Å². The Kier molecular flexibility index (Phi) is 3.88. The summed E-state index contributed by atoms with van der Waals surface area (Å²) in [6.07, 6.45) is -4.87. The van der Waals surface area contributed by atoms with Gasteiger partial charge in [0.1, 0.15) is 0 Å². The fraction of sp³-hybridized carbons (Fsp3) is 0.273. The molecule has 92 valence electrons. The molecule has 0 bridgehead atoms. The highest BCUT2D eigenvalue weighted by Gasteiger charge is 2.30. The van der Waals surface area contributed by atoms with Gasteiger partial charge in [-0.3, -0.25) is 4.79 Å². The second-order valence-corrected chi connectivity index (χ2v) is 3.29. The molecule has 0 amide bonds. The molecule has 0 radical (unpaired) electrons. The quantitative estimate of drug-likeness (QED) is 0.605. The van der Waals surface area contributed by atoms with Crippen LogP contribution in [0.15, 0.2) is 24.3 Å². The zero-order chi connectivity index (χ0) is 13.1. The third-order valence-corrected chi connectivity index (χ3v) is 2.03. The van der Waals surface area contributed by atoms with E-state index >= 15 is 0 Å². The van der Waals surface area contributed by atoms with Crippen molar-refractivity contribution < 1.29 is 27.5 Å². The van der Waals surface area contributed by atoms with Crippen LogP contribution in [0.25, 0.3) is 0 Å². The number of ether oxygens (including phenoxy) is 1. The SMILES string of the molecule is COC(=O)C(=O)Cc1cccc(C(F)(F)F)c1. The molecule has 0 saturated carbocycles. The Labute approximate surface area is 95.2 Å². The van der Waals surface area contributed by atoms with Crippen LogP contribution in [-0.4, -0.2) is 18.9 Å². The minimum Gasteiger partial charge on any atom is -0.463 e. The molecular weight excluding hydrogens is 237 g/mol. The number of alkyl halides is 3. The lowest BCUT2D eigenvalue weighted by molar-refractivity contribution is -0.151. The maximum atomic E-state index is 12.4. The number of carbonyl (C=O) groups is 2. The highest BCUT2D eigenvalue weighted by Crippen LogP contribution is 2.29. The van der Waals surface area contributed by atoms with Gasteiger partial charge in [0.15, 0.2) is 0 Å². The number of ketones is 1. The predicted octanol–water partition coefficient (Wildman–Crippen LogP) is 1.99. The molecule has 0 N–H and O–H groups in total. The standard InChI is InChI=1S/C11H9F3O3/c1-17-10(16)9(15)6-7-3-2-4-8(5-7)11(12,13)14/h2-5H,6H2,1H3. The van der Waals surface area contributed by atoms with Gasteiger partial charge in [-0.05, 0) is 11.6 Å². The Morgan fingerprint density at radius 2 is 1.94 bits per heavy atom. The average molecular weight is 246 g/mol. The summed E-state index contributed by atoms with van der Waals surface area (Å²) in [6, 6.07) is 4.26. The molecule has 0 spiro atoms. The van der Waals surface area contributed by atoms with Crippen LogP contribution in [0.4, 0.5) is 13.2 Å². The minimum absolute atomic E-state index is 0.121. The lowest BCUT2D eigenvalue weighted by Gasteiger charge is -2.07. The monoisotopic (exact) mass is 246 g/mol. The molecule has 0 atom stereocenters. The van der Waals surface area contributed by atoms with E-state index in [9.17, 15) is 22.8 Å². The maximum absolute atomic E-state index is 12.4. The first-order valence-electron chi connectivity index (χ1n) is 4.62. The molecule has 0 heterocycles. The first kappa shape index (κ1) is 13.2. The fourth-order valence-electron chi connectivity index (χ4n) is 1.23. The number of methoxy groups -OCH3 is 1. The molecule has 0 saturated heterocycles. The van der Waals surface area contributed by atoms with Gasteiger partial charge in [-0.2, -0.15) is 13.2 Å². The molecule has 1 rings (SSSR count). The van der Waals surface area contributed by atoms with Gasteiger partial charge in [0.05, 0.1) is 12.7 Å². The zero-order valence-corrected chi connectivity index (χ0v) is 8.88. The second kappa shape index (κ2) is 4.99. The normalized spacial score (nSPS) is 11.1. The predicted molar refractivity (Wildman–Crippen MR) is 52.2 cm³/mol. The summed E-state index contributed by atoms with van der Waals surface area (Å²) >= 11 is 0. The minimum atomic E-state index is -4.47. The lowest BCUT2D eigenvalue weighted by atomic mass is 10.1. The van der Waals surface area contributed by atoms with Crippen molar-refractivity contribution in [1.82, 2.24) is 0 Å². The van der Waals surface area contributed by atoms with Crippen molar-refractivity contribution in [3.63, 3.8) is 0 Å². The van der Waals surface area contributed by atoms with E-state index in [0.29, 0.717) is 0 Å². The van der Waals surface area contributed by atoms with Crippen molar-refractivity contribution in [3.05, 3.63) is 35.4 Å². The van der Waals surface area contributed by atoms with E-state index in [2.05, 4.69) is 4.74 Å². The van der Waals surface area contributed by atoms with E-state index in [1.54, 1.807) is 0 Å². The Balaban J connectivity index is 2.87. The van der Waals surface area contributed by atoms with Gasteiger partial charge in [-0.15, -0.1) is 0 Å². The number of Topliss-reactive ketones (excluding diaryl/α,β-unsaturated/α-hetero) is 1. The molecular formula is C11H9F3O3. The zero-order valence-electron chi connectivity index (χ0n) is 8.88. The summed E-state index contributed by atoms with van der Waals surface area (Å²) in [6.45, 7) is 0. The van der Waals surface area contributed by atoms with E-state index in [1.165, 1.54) is 12.1 Å². The number of hydrogen-bond acceptors (Lipinski definition) is 3. The molecule has 0 fully saturated rings. The Hall–Kier alpha value is -1.85. The van der Waals surface area contributed by atoms with Gasteiger partial charge in [-0.1, -0.05) is 18.2 Å². The van der Waals surface area contributed by atoms with Crippen molar-refractivity contribution in [2.24, 2.45) is 0 Å². The highest BCUT2D eigenvalue weighted by atomic mass is 19.4. The molecule has 1 aromatic carbocycles. The largest absolute Gasteiger partial charge is 0.463 e. The summed E-state index contributed by atoms with van der Waals surface area (Å²) in [5.41, 5.74) is -0.733. The van der Waals surface area contributed by atoms with Crippen molar-refractivity contribution in [1.29, 1.82) is 0 Å². The lowest BCUT2D eigenvalue weighted by Crippen LogP contribution is -2.18. The number of halogens is 3. The van der Waals surface area contributed by atoms with Crippen molar-refractivity contribution >= 4 is 11.8 Å². The third-order valence-electron chi connectivity index (χ3n) is 2.03. The molecule has 0 aliphatic heterocycles. The molecule has 0 aliphatic rings. The summed E-state index contributed by atoms with van der Waals surface area (Å²) < 4.78 is 41.2. The summed E-state index contributed by atoms with van der Waals surface area (Å²) in [7, 11) is 1.03. The van der Waals surface area contributed by atoms with Crippen LogP contribution < -0.4 is 0 Å². The molecule has 17 heavy (non-hydrogen) atoms. The Morgan fingerprint density at radius 3 is 2.47 bits per heavy atom. The van der Waals surface area contributed by atoms with Gasteiger partial charge < -0.3 is 4.74 Å². The van der Waals surface area contributed by atoms with Crippen LogP contribution in [0, 0.1) is 0 Å². The maximum Gasteiger partial charge on any atom is 0.416 e. The first-order chi connectivity index (χ1) is 7.84. The van der Waals surface area contributed by atoms with Gasteiger partial charge in [0.25, 0.3) is 0 Å². The van der Waals surface area contributed by atoms with Crippen LogP contribution >= 0.6 is 0 Å². The molecule has 1 aromatic rings. The average Bonchev–Trinajstić information content (AvgIpc) is 2.27. The topological polar surface area (TPSA) is 43.4 Å². The van der Waals surface area contributed by atoms with Gasteiger partial charge >= 0.3 is 12.1 Å². The Morgan fingerprint density at radius 1 is 1.29 bits per heavy atom. The fourth-order valence-corrected chi connectivity index (χ4v) is 1.23. The number of rotatable bonds is 3. The second-order valence-electron chi connectivity index (χ2n) is 3.29. The van der Waals surface area contributed by atoms with Gasteiger partial charge in [-0.25, -0.2) is 4.79 Å². The number of esters is 1. The molecule has 0 aromatic heterocycles. The summed E-state index contributed by atoms with van der Waals surface area (Å²) in [4.78, 5) is 22.0. The van der Waals surface area contributed by atoms with E-state index in [4.69, 9.17) is 0 Å². The number of benzene rings is 1. The molecule has 0 aliphatic carbocycles. The van der Waals surface area contributed by atoms with Crippen LogP contribution in [0.2, 0.25) is 0 Å². The number of carbonyl (C=O) groups excluding carboxylic acids is 2. The van der Waals surface area contributed by atoms with E-state index < -0.39 is 29.9 Å². The summed E-state index contributed by atoms with van der Waals surface area (Å²) in [5, 5.41) is 0. The number of hydrogen-bond donors (Lipinski definition) is 0. The van der Waals surface area contributed by atoms with Crippen molar-refractivity contribution in [2.45, 2.75) is 12.6 Å². The van der Waals surface area contributed by atoms with Crippen LogP contribution in [0.3, 0.4) is 0 Å². The van der Waals surface area contributed by atoms with Gasteiger partial charge in [0.2, 0.25) is 5.78 Å². The van der Waals surface area contributed by atoms with Crippen LogP contribution in [-0.2, 0) is 26.9 Å². The third kappa shape index (κ3) is 3.58. The first-order valence-corrected chi connectivity index (χ1v) is 4.62. The van der Waals surface area contributed by atoms with Crippen LogP contribution in [0.1, 0.15) is 11.1 Å². The molecule has 0 unspecified atom stereocenters. The van der Waals surface area contributed by atoms with Crippen LogP contribution in [0.5, 0.6) is 0 Å². The van der Waals surface area contributed by atoms with E-state index in [-0.39, 0.29) is 5.56 Å². The van der Waals surface area contributed by atoms with E-state index in [0.717, 1.165) is 19.2 Å². The van der Waals surface area contributed by atoms with Crippen molar-refractivity contribution in [2.75, 3.05) is 7.11 Å². The highest BCUT2D eigenvalue weighted by molar-refractivity contribution is 6.34. The Bertz CT molecular complexity index is 438. The molecule has 6 heteroatoms. The van der Waals surface area contributed by atoms with E-state index in [1.807, 2.05) is 0 Å². The smallest absolute Gasteiger partial charge is 0.416 e.